The Kier molecular flexibility index (Phi) is 7.46. The van der Waals surface area contributed by atoms with Crippen LogP contribution in [0.4, 0.5) is 10.9 Å². The number of nitrogens with one attached hydrogen (secondary N) is 2. The second-order valence-corrected chi connectivity index (χ2v) is 10.1. The van der Waals surface area contributed by atoms with E-state index in [9.17, 15) is 0 Å². The highest BCUT2D eigenvalue weighted by atomic mass is 32.2. The zero-order chi connectivity index (χ0) is 24.0. The summed E-state index contributed by atoms with van der Waals surface area (Å²) in [6, 6.07) is 13.6. The molecule has 3 aromatic heterocycles. The number of ether oxygens (including phenoxy) is 2. The van der Waals surface area contributed by atoms with Gasteiger partial charge in [-0.3, -0.25) is 4.98 Å². The molecule has 0 atom stereocenters. The summed E-state index contributed by atoms with van der Waals surface area (Å²) in [4.78, 5) is 15.8. The number of aromatic nitrogens is 3. The molecule has 2 N–H and O–H groups in total. The van der Waals surface area contributed by atoms with Gasteiger partial charge in [0.25, 0.3) is 0 Å². The van der Waals surface area contributed by atoms with Crippen LogP contribution in [0.1, 0.15) is 30.1 Å². The second-order valence-electron chi connectivity index (χ2n) is 8.18. The zero-order valence-corrected chi connectivity index (χ0v) is 21.3. The number of hydrogen-bond acceptors (Lipinski definition) is 9. The fourth-order valence-electron chi connectivity index (χ4n) is 3.93. The number of aryl methyl sites for hydroxylation is 1. The smallest absolute Gasteiger partial charge is 0.188 e. The predicted molar refractivity (Wildman–Crippen MR) is 141 cm³/mol. The van der Waals surface area contributed by atoms with Crippen LogP contribution in [-0.2, 0) is 0 Å². The monoisotopic (exact) mass is 505 g/mol. The third-order valence-corrected chi connectivity index (χ3v) is 7.68. The number of thiazole rings is 1. The van der Waals surface area contributed by atoms with E-state index in [2.05, 4.69) is 26.0 Å². The Morgan fingerprint density at radius 2 is 1.94 bits per heavy atom. The fraction of sp³-hybridized carbons (Fsp3) is 0.269. The molecule has 1 aromatic carbocycles. The minimum Gasteiger partial charge on any atom is -0.497 e. The molecule has 180 valence electrons. The molecule has 4 heterocycles. The number of hydrogen-bond donors (Lipinski definition) is 2. The van der Waals surface area contributed by atoms with E-state index >= 15 is 0 Å². The van der Waals surface area contributed by atoms with Crippen LogP contribution < -0.4 is 20.1 Å². The molecular weight excluding hydrogens is 478 g/mol. The first kappa shape index (κ1) is 23.6. The van der Waals surface area contributed by atoms with Crippen LogP contribution in [-0.4, -0.2) is 35.2 Å². The van der Waals surface area contributed by atoms with Gasteiger partial charge in [0.05, 0.1) is 23.4 Å². The lowest BCUT2D eigenvalue weighted by Gasteiger charge is -2.20. The number of rotatable bonds is 8. The van der Waals surface area contributed by atoms with Crippen molar-refractivity contribution in [2.75, 3.05) is 25.5 Å². The summed E-state index contributed by atoms with van der Waals surface area (Å²) in [5.41, 5.74) is 1.97. The van der Waals surface area contributed by atoms with Gasteiger partial charge in [0.2, 0.25) is 0 Å². The molecule has 5 rings (SSSR count). The van der Waals surface area contributed by atoms with Gasteiger partial charge in [0.15, 0.2) is 5.13 Å². The van der Waals surface area contributed by atoms with Crippen LogP contribution in [0.15, 0.2) is 70.0 Å². The van der Waals surface area contributed by atoms with Gasteiger partial charge in [-0.05, 0) is 63.2 Å². The summed E-state index contributed by atoms with van der Waals surface area (Å²) >= 11 is 3.18. The third kappa shape index (κ3) is 5.75. The van der Waals surface area contributed by atoms with Gasteiger partial charge in [-0.15, -0.1) is 11.3 Å². The molecule has 0 radical (unpaired) electrons. The van der Waals surface area contributed by atoms with Crippen molar-refractivity contribution in [3.05, 3.63) is 71.6 Å². The van der Waals surface area contributed by atoms with Gasteiger partial charge in [-0.25, -0.2) is 9.97 Å². The van der Waals surface area contributed by atoms with Crippen LogP contribution in [0.5, 0.6) is 17.2 Å². The number of pyridine rings is 2. The summed E-state index contributed by atoms with van der Waals surface area (Å²) in [6.07, 6.45) is 5.74. The van der Waals surface area contributed by atoms with E-state index in [0.29, 0.717) is 23.2 Å². The van der Waals surface area contributed by atoms with Crippen LogP contribution in [0.2, 0.25) is 0 Å². The molecule has 1 aliphatic rings. The van der Waals surface area contributed by atoms with Crippen LogP contribution in [0.3, 0.4) is 0 Å². The first-order chi connectivity index (χ1) is 17.2. The minimum atomic E-state index is 0.505. The molecule has 1 saturated heterocycles. The van der Waals surface area contributed by atoms with Crippen molar-refractivity contribution < 1.29 is 9.47 Å². The molecule has 7 nitrogen and oxygen atoms in total. The summed E-state index contributed by atoms with van der Waals surface area (Å²) in [6.45, 7) is 4.02. The largest absolute Gasteiger partial charge is 0.497 e. The van der Waals surface area contributed by atoms with Crippen LogP contribution in [0, 0.1) is 6.92 Å². The number of benzene rings is 1. The first-order valence-electron chi connectivity index (χ1n) is 11.5. The summed E-state index contributed by atoms with van der Waals surface area (Å²) in [5.74, 6) is 3.40. The molecule has 35 heavy (non-hydrogen) atoms. The van der Waals surface area contributed by atoms with E-state index in [1.54, 1.807) is 42.6 Å². The van der Waals surface area contributed by atoms with Gasteiger partial charge in [-0.1, -0.05) is 17.8 Å². The SMILES string of the molecule is COc1cccc(Sc2c(Oc3cccnc3C)ccnc2Nc2nc(C3CCNCC3)cs2)c1. The predicted octanol–water partition coefficient (Wildman–Crippen LogP) is 6.40. The topological polar surface area (TPSA) is 81.2 Å². The number of anilines is 2. The van der Waals surface area contributed by atoms with Crippen LogP contribution in [0.25, 0.3) is 0 Å². The minimum absolute atomic E-state index is 0.505. The normalized spacial score (nSPS) is 14.0. The van der Waals surface area contributed by atoms with Crippen molar-refractivity contribution in [2.45, 2.75) is 35.5 Å². The van der Waals surface area contributed by atoms with E-state index in [1.807, 2.05) is 49.4 Å². The van der Waals surface area contributed by atoms with Crippen molar-refractivity contribution in [1.82, 2.24) is 20.3 Å². The molecule has 0 amide bonds. The Labute approximate surface area is 213 Å². The molecule has 0 saturated carbocycles. The zero-order valence-electron chi connectivity index (χ0n) is 19.7. The maximum absolute atomic E-state index is 6.33. The summed E-state index contributed by atoms with van der Waals surface area (Å²) in [7, 11) is 1.67. The molecule has 1 aliphatic heterocycles. The van der Waals surface area contributed by atoms with Gasteiger partial charge in [-0.2, -0.15) is 0 Å². The molecule has 0 aliphatic carbocycles. The van der Waals surface area contributed by atoms with Crippen molar-refractivity contribution in [3.63, 3.8) is 0 Å². The lowest BCUT2D eigenvalue weighted by Crippen LogP contribution is -2.26. The first-order valence-corrected chi connectivity index (χ1v) is 13.2. The van der Waals surface area contributed by atoms with E-state index in [4.69, 9.17) is 14.5 Å². The Hall–Kier alpha value is -3.14. The fourth-order valence-corrected chi connectivity index (χ4v) is 5.69. The average molecular weight is 506 g/mol. The van der Waals surface area contributed by atoms with Crippen molar-refractivity contribution >= 4 is 34.0 Å². The maximum atomic E-state index is 6.33. The van der Waals surface area contributed by atoms with E-state index in [-0.39, 0.29) is 0 Å². The standard InChI is InChI=1S/C26H27N5O2S2/c1-17-22(7-4-11-28-17)33-23-10-14-29-25(24(23)35-20-6-3-5-19(15-20)32-2)31-26-30-21(16-34-26)18-8-12-27-13-9-18/h3-7,10-11,14-16,18,27H,8-9,12-13H2,1-2H3,(H,29,30,31). The lowest BCUT2D eigenvalue weighted by atomic mass is 9.96. The quantitative estimate of drug-likeness (QED) is 0.285. The molecule has 0 unspecified atom stereocenters. The molecular formula is C26H27N5O2S2. The number of piperidine rings is 1. The van der Waals surface area contributed by atoms with Crippen molar-refractivity contribution in [1.29, 1.82) is 0 Å². The summed E-state index contributed by atoms with van der Waals surface area (Å²) in [5, 5.41) is 9.86. The lowest BCUT2D eigenvalue weighted by molar-refractivity contribution is 0.413. The highest BCUT2D eigenvalue weighted by molar-refractivity contribution is 7.99. The van der Waals surface area contributed by atoms with E-state index in [0.717, 1.165) is 58.0 Å². The Morgan fingerprint density at radius 3 is 2.77 bits per heavy atom. The second kappa shape index (κ2) is 11.1. The molecule has 1 fully saturated rings. The molecule has 0 spiro atoms. The molecule has 4 aromatic rings. The van der Waals surface area contributed by atoms with Gasteiger partial charge in [0, 0.05) is 34.7 Å². The van der Waals surface area contributed by atoms with Gasteiger partial charge >= 0.3 is 0 Å². The highest BCUT2D eigenvalue weighted by Gasteiger charge is 2.20. The maximum Gasteiger partial charge on any atom is 0.188 e. The van der Waals surface area contributed by atoms with E-state index in [1.165, 1.54) is 0 Å². The summed E-state index contributed by atoms with van der Waals surface area (Å²) < 4.78 is 11.8. The van der Waals surface area contributed by atoms with Gasteiger partial charge < -0.3 is 20.1 Å². The molecule has 9 heteroatoms. The Bertz CT molecular complexity index is 1290. The number of methoxy groups -OCH3 is 1. The van der Waals surface area contributed by atoms with Crippen molar-refractivity contribution in [3.8, 4) is 17.2 Å². The average Bonchev–Trinajstić information content (AvgIpc) is 3.36. The highest BCUT2D eigenvalue weighted by Crippen LogP contribution is 2.43. The Morgan fingerprint density at radius 1 is 1.06 bits per heavy atom. The third-order valence-electron chi connectivity index (χ3n) is 5.81. The van der Waals surface area contributed by atoms with Crippen molar-refractivity contribution in [2.24, 2.45) is 0 Å². The van der Waals surface area contributed by atoms with E-state index < -0.39 is 0 Å². The number of nitrogens with zero attached hydrogens (tertiary/aromatic N) is 3. The van der Waals surface area contributed by atoms with Crippen LogP contribution >= 0.6 is 23.1 Å². The van der Waals surface area contributed by atoms with Gasteiger partial charge in [0.1, 0.15) is 23.1 Å². The molecule has 0 bridgehead atoms. The Balaban J connectivity index is 1.47.